The minimum Gasteiger partial charge on any atom is -0.497 e. The molecule has 0 aliphatic rings. The maximum Gasteiger partial charge on any atom is 0.246 e. The number of ether oxygens (including phenoxy) is 2. The zero-order valence-electron chi connectivity index (χ0n) is 16.5. The monoisotopic (exact) mass is 427 g/mol. The number of hydrogen-bond donors (Lipinski definition) is 1. The van der Waals surface area contributed by atoms with Gasteiger partial charge in [0.15, 0.2) is 5.16 Å². The summed E-state index contributed by atoms with van der Waals surface area (Å²) in [5.74, 6) is 0.924. The number of aromatic nitrogens is 2. The average molecular weight is 428 g/mol. The number of nitrogens with zero attached hydrogens (tertiary/aromatic N) is 2. The highest BCUT2D eigenvalue weighted by atomic mass is 32.2. The van der Waals surface area contributed by atoms with Gasteiger partial charge in [0.05, 0.1) is 19.4 Å². The van der Waals surface area contributed by atoms with Gasteiger partial charge in [0, 0.05) is 24.1 Å². The molecule has 156 valence electrons. The third-order valence-corrected chi connectivity index (χ3v) is 4.95. The molecule has 3 rings (SSSR count). The lowest BCUT2D eigenvalue weighted by Crippen LogP contribution is -2.29. The van der Waals surface area contributed by atoms with Crippen LogP contribution in [0.25, 0.3) is 11.3 Å². The van der Waals surface area contributed by atoms with Gasteiger partial charge >= 0.3 is 0 Å². The Morgan fingerprint density at radius 2 is 1.87 bits per heavy atom. The third kappa shape index (κ3) is 6.82. The van der Waals surface area contributed by atoms with Crippen LogP contribution in [-0.2, 0) is 16.1 Å². The normalized spacial score (nSPS) is 10.6. The SMILES string of the molecule is COc1ccc(-c2ccnc(SCCNC(=O)COCc3ccc(F)cc3)n2)cc1. The van der Waals surface area contributed by atoms with E-state index in [1.165, 1.54) is 23.9 Å². The van der Waals surface area contributed by atoms with Crippen LogP contribution in [0.15, 0.2) is 66.0 Å². The average Bonchev–Trinajstić information content (AvgIpc) is 2.78. The molecule has 0 unspecified atom stereocenters. The molecule has 0 aliphatic carbocycles. The van der Waals surface area contributed by atoms with Gasteiger partial charge in [-0.1, -0.05) is 23.9 Å². The van der Waals surface area contributed by atoms with Gasteiger partial charge in [-0.3, -0.25) is 4.79 Å². The molecule has 1 heterocycles. The second-order valence-electron chi connectivity index (χ2n) is 6.27. The highest BCUT2D eigenvalue weighted by Crippen LogP contribution is 2.22. The topological polar surface area (TPSA) is 73.3 Å². The van der Waals surface area contributed by atoms with Crippen LogP contribution in [-0.4, -0.2) is 41.9 Å². The Hall–Kier alpha value is -2.97. The molecule has 0 atom stereocenters. The largest absolute Gasteiger partial charge is 0.497 e. The number of benzene rings is 2. The Morgan fingerprint density at radius 1 is 1.10 bits per heavy atom. The van der Waals surface area contributed by atoms with Crippen molar-refractivity contribution in [3.8, 4) is 17.0 Å². The first-order valence-electron chi connectivity index (χ1n) is 9.33. The fraction of sp³-hybridized carbons (Fsp3) is 0.227. The molecule has 0 spiro atoms. The first-order valence-corrected chi connectivity index (χ1v) is 10.3. The maximum atomic E-state index is 12.8. The van der Waals surface area contributed by atoms with E-state index in [4.69, 9.17) is 9.47 Å². The van der Waals surface area contributed by atoms with E-state index < -0.39 is 0 Å². The zero-order chi connectivity index (χ0) is 21.2. The summed E-state index contributed by atoms with van der Waals surface area (Å²) in [6, 6.07) is 15.5. The Balaban J connectivity index is 1.37. The minimum absolute atomic E-state index is 0.0501. The summed E-state index contributed by atoms with van der Waals surface area (Å²) >= 11 is 1.46. The van der Waals surface area contributed by atoms with E-state index in [1.54, 1.807) is 25.4 Å². The molecule has 1 aromatic heterocycles. The molecule has 0 fully saturated rings. The number of carbonyl (C=O) groups is 1. The van der Waals surface area contributed by atoms with Crippen LogP contribution in [0.3, 0.4) is 0 Å². The van der Waals surface area contributed by atoms with Gasteiger partial charge < -0.3 is 14.8 Å². The maximum absolute atomic E-state index is 12.8. The highest BCUT2D eigenvalue weighted by Gasteiger charge is 2.05. The van der Waals surface area contributed by atoms with E-state index in [2.05, 4.69) is 15.3 Å². The summed E-state index contributed by atoms with van der Waals surface area (Å²) < 4.78 is 23.4. The fourth-order valence-electron chi connectivity index (χ4n) is 2.56. The summed E-state index contributed by atoms with van der Waals surface area (Å²) in [5, 5.41) is 3.44. The number of nitrogens with one attached hydrogen (secondary N) is 1. The van der Waals surface area contributed by atoms with Gasteiger partial charge in [-0.15, -0.1) is 0 Å². The van der Waals surface area contributed by atoms with Crippen molar-refractivity contribution in [1.29, 1.82) is 0 Å². The van der Waals surface area contributed by atoms with E-state index in [9.17, 15) is 9.18 Å². The van der Waals surface area contributed by atoms with Gasteiger partial charge in [0.2, 0.25) is 5.91 Å². The van der Waals surface area contributed by atoms with E-state index in [0.29, 0.717) is 17.5 Å². The van der Waals surface area contributed by atoms with E-state index in [-0.39, 0.29) is 24.9 Å². The Bertz CT molecular complexity index is 953. The van der Waals surface area contributed by atoms with Gasteiger partial charge in [0.1, 0.15) is 18.2 Å². The third-order valence-electron chi connectivity index (χ3n) is 4.09. The number of amides is 1. The van der Waals surface area contributed by atoms with Crippen molar-refractivity contribution < 1.29 is 18.7 Å². The summed E-state index contributed by atoms with van der Waals surface area (Å²) in [4.78, 5) is 20.7. The Morgan fingerprint density at radius 3 is 2.60 bits per heavy atom. The smallest absolute Gasteiger partial charge is 0.246 e. The number of thioether (sulfide) groups is 1. The summed E-state index contributed by atoms with van der Waals surface area (Å²) in [6.07, 6.45) is 1.72. The van der Waals surface area contributed by atoms with Crippen LogP contribution < -0.4 is 10.1 Å². The lowest BCUT2D eigenvalue weighted by atomic mass is 10.1. The Labute approximate surface area is 178 Å². The zero-order valence-corrected chi connectivity index (χ0v) is 17.3. The lowest BCUT2D eigenvalue weighted by Gasteiger charge is -2.07. The van der Waals surface area contributed by atoms with Crippen LogP contribution in [0, 0.1) is 5.82 Å². The van der Waals surface area contributed by atoms with Gasteiger partial charge in [-0.2, -0.15) is 0 Å². The number of rotatable bonds is 10. The van der Waals surface area contributed by atoms with Crippen molar-refractivity contribution in [3.63, 3.8) is 0 Å². The molecule has 0 aliphatic heterocycles. The van der Waals surface area contributed by atoms with Crippen molar-refractivity contribution in [2.45, 2.75) is 11.8 Å². The standard InChI is InChI=1S/C22H22FN3O3S/c1-28-19-8-4-17(5-9-19)20-10-11-25-22(26-20)30-13-12-24-21(27)15-29-14-16-2-6-18(23)7-3-16/h2-11H,12-15H2,1H3,(H,24,27). The molecule has 0 saturated carbocycles. The second-order valence-corrected chi connectivity index (χ2v) is 7.33. The fourth-order valence-corrected chi connectivity index (χ4v) is 3.24. The van der Waals surface area contributed by atoms with Crippen LogP contribution in [0.1, 0.15) is 5.56 Å². The summed E-state index contributed by atoms with van der Waals surface area (Å²) in [5.41, 5.74) is 2.62. The molecule has 3 aromatic rings. The molecule has 8 heteroatoms. The van der Waals surface area contributed by atoms with Crippen molar-refractivity contribution in [2.75, 3.05) is 26.0 Å². The molecule has 0 saturated heterocycles. The first kappa shape index (κ1) is 21.7. The van der Waals surface area contributed by atoms with E-state index in [1.807, 2.05) is 30.3 Å². The van der Waals surface area contributed by atoms with Crippen molar-refractivity contribution in [1.82, 2.24) is 15.3 Å². The quantitative estimate of drug-likeness (QED) is 0.302. The number of hydrogen-bond acceptors (Lipinski definition) is 6. The van der Waals surface area contributed by atoms with Gasteiger partial charge in [0.25, 0.3) is 0 Å². The van der Waals surface area contributed by atoms with Crippen LogP contribution in [0.2, 0.25) is 0 Å². The number of methoxy groups -OCH3 is 1. The summed E-state index contributed by atoms with van der Waals surface area (Å²) in [7, 11) is 1.63. The molecule has 6 nitrogen and oxygen atoms in total. The van der Waals surface area contributed by atoms with Crippen molar-refractivity contribution >= 4 is 17.7 Å². The Kier molecular flexibility index (Phi) is 8.17. The van der Waals surface area contributed by atoms with Crippen LogP contribution in [0.4, 0.5) is 4.39 Å². The molecule has 0 bridgehead atoms. The molecule has 0 radical (unpaired) electrons. The molecule has 1 amide bonds. The summed E-state index contributed by atoms with van der Waals surface area (Å²) in [6.45, 7) is 0.680. The van der Waals surface area contributed by atoms with Gasteiger partial charge in [-0.05, 0) is 48.0 Å². The van der Waals surface area contributed by atoms with Crippen LogP contribution >= 0.6 is 11.8 Å². The molecule has 1 N–H and O–H groups in total. The lowest BCUT2D eigenvalue weighted by molar-refractivity contribution is -0.125. The van der Waals surface area contributed by atoms with Gasteiger partial charge in [-0.25, -0.2) is 14.4 Å². The second kappa shape index (κ2) is 11.3. The van der Waals surface area contributed by atoms with E-state index >= 15 is 0 Å². The number of carbonyl (C=O) groups excluding carboxylic acids is 1. The van der Waals surface area contributed by atoms with E-state index in [0.717, 1.165) is 22.6 Å². The van der Waals surface area contributed by atoms with Crippen molar-refractivity contribution in [2.24, 2.45) is 0 Å². The first-order chi connectivity index (χ1) is 14.6. The predicted molar refractivity (Wildman–Crippen MR) is 114 cm³/mol. The molecule has 2 aromatic carbocycles. The van der Waals surface area contributed by atoms with Crippen molar-refractivity contribution in [3.05, 3.63) is 72.2 Å². The number of halogens is 1. The molecular formula is C22H22FN3O3S. The molecule has 30 heavy (non-hydrogen) atoms. The minimum atomic E-state index is -0.299. The predicted octanol–water partition coefficient (Wildman–Crippen LogP) is 3.72. The highest BCUT2D eigenvalue weighted by molar-refractivity contribution is 7.99. The molecular weight excluding hydrogens is 405 g/mol. The van der Waals surface area contributed by atoms with Crippen LogP contribution in [0.5, 0.6) is 5.75 Å².